The Balaban J connectivity index is 1.82. The first kappa shape index (κ1) is 16.1. The number of nitrogens with one attached hydrogen (secondary N) is 1. The van der Waals surface area contributed by atoms with Gasteiger partial charge in [0.05, 0.1) is 6.61 Å². The minimum atomic E-state index is 0.273. The molecule has 21 heavy (non-hydrogen) atoms. The van der Waals surface area contributed by atoms with Gasteiger partial charge in [0.1, 0.15) is 0 Å². The molecule has 0 spiro atoms. The topological polar surface area (TPSA) is 44.7 Å². The molecule has 1 fully saturated rings. The fraction of sp³-hybridized carbons (Fsp3) is 0.647. The van der Waals surface area contributed by atoms with Gasteiger partial charge in [-0.2, -0.15) is 0 Å². The SMILES string of the molecule is CCCN1CCC(NCc2cccc(OCC)c2O)CC1. The van der Waals surface area contributed by atoms with Crippen LogP contribution in [0.3, 0.4) is 0 Å². The van der Waals surface area contributed by atoms with Crippen LogP contribution in [0.4, 0.5) is 0 Å². The fourth-order valence-electron chi connectivity index (χ4n) is 2.91. The Morgan fingerprint density at radius 2 is 2.05 bits per heavy atom. The van der Waals surface area contributed by atoms with Gasteiger partial charge in [0, 0.05) is 18.2 Å². The van der Waals surface area contributed by atoms with Gasteiger partial charge in [0.25, 0.3) is 0 Å². The summed E-state index contributed by atoms with van der Waals surface area (Å²) in [6.07, 6.45) is 3.61. The molecule has 1 aliphatic heterocycles. The summed E-state index contributed by atoms with van der Waals surface area (Å²) in [5.74, 6) is 0.852. The van der Waals surface area contributed by atoms with Crippen LogP contribution in [0.2, 0.25) is 0 Å². The van der Waals surface area contributed by atoms with Crippen molar-refractivity contribution in [1.29, 1.82) is 0 Å². The molecule has 0 radical (unpaired) electrons. The number of hydrogen-bond acceptors (Lipinski definition) is 4. The Morgan fingerprint density at radius 3 is 2.71 bits per heavy atom. The van der Waals surface area contributed by atoms with E-state index in [1.807, 2.05) is 25.1 Å². The van der Waals surface area contributed by atoms with Gasteiger partial charge >= 0.3 is 0 Å². The van der Waals surface area contributed by atoms with Crippen molar-refractivity contribution in [3.63, 3.8) is 0 Å². The number of aromatic hydroxyl groups is 1. The number of hydrogen-bond donors (Lipinski definition) is 2. The predicted octanol–water partition coefficient (Wildman–Crippen LogP) is 2.75. The van der Waals surface area contributed by atoms with Crippen LogP contribution in [0.1, 0.15) is 38.7 Å². The van der Waals surface area contributed by atoms with Crippen molar-refractivity contribution in [2.75, 3.05) is 26.2 Å². The number of piperidine rings is 1. The van der Waals surface area contributed by atoms with E-state index in [1.54, 1.807) is 0 Å². The van der Waals surface area contributed by atoms with Crippen molar-refractivity contribution in [2.45, 2.75) is 45.7 Å². The Hall–Kier alpha value is -1.26. The van der Waals surface area contributed by atoms with Crippen molar-refractivity contribution in [3.05, 3.63) is 23.8 Å². The molecule has 1 saturated heterocycles. The highest BCUT2D eigenvalue weighted by Crippen LogP contribution is 2.29. The molecule has 0 atom stereocenters. The lowest BCUT2D eigenvalue weighted by molar-refractivity contribution is 0.197. The van der Waals surface area contributed by atoms with E-state index < -0.39 is 0 Å². The van der Waals surface area contributed by atoms with E-state index >= 15 is 0 Å². The van der Waals surface area contributed by atoms with Crippen molar-refractivity contribution >= 4 is 0 Å². The Morgan fingerprint density at radius 1 is 1.29 bits per heavy atom. The van der Waals surface area contributed by atoms with Gasteiger partial charge in [-0.05, 0) is 51.9 Å². The minimum absolute atomic E-state index is 0.273. The second-order valence-electron chi connectivity index (χ2n) is 5.69. The molecule has 1 aliphatic rings. The number of phenolic OH excluding ortho intramolecular Hbond substituents is 1. The van der Waals surface area contributed by atoms with E-state index in [0.717, 1.165) is 5.56 Å². The Kier molecular flexibility index (Phi) is 6.33. The third kappa shape index (κ3) is 4.61. The van der Waals surface area contributed by atoms with Gasteiger partial charge in [-0.15, -0.1) is 0 Å². The molecule has 0 saturated carbocycles. The van der Waals surface area contributed by atoms with Gasteiger partial charge in [-0.1, -0.05) is 19.1 Å². The molecule has 1 aromatic rings. The second-order valence-corrected chi connectivity index (χ2v) is 5.69. The van der Waals surface area contributed by atoms with E-state index in [4.69, 9.17) is 4.74 Å². The first-order valence-corrected chi connectivity index (χ1v) is 8.14. The average molecular weight is 292 g/mol. The summed E-state index contributed by atoms with van der Waals surface area (Å²) in [6.45, 7) is 9.00. The molecule has 118 valence electrons. The average Bonchev–Trinajstić information content (AvgIpc) is 2.50. The van der Waals surface area contributed by atoms with Crippen molar-refractivity contribution < 1.29 is 9.84 Å². The molecule has 0 unspecified atom stereocenters. The Labute approximate surface area is 128 Å². The van der Waals surface area contributed by atoms with Gasteiger partial charge in [0.15, 0.2) is 11.5 Å². The first-order chi connectivity index (χ1) is 10.2. The molecule has 0 aliphatic carbocycles. The zero-order chi connectivity index (χ0) is 15.1. The molecule has 1 heterocycles. The smallest absolute Gasteiger partial charge is 0.162 e. The monoisotopic (exact) mass is 292 g/mol. The quantitative estimate of drug-likeness (QED) is 0.811. The van der Waals surface area contributed by atoms with E-state index in [2.05, 4.69) is 17.1 Å². The van der Waals surface area contributed by atoms with Gasteiger partial charge in [-0.25, -0.2) is 0 Å². The third-order valence-electron chi connectivity index (χ3n) is 4.09. The molecule has 0 aromatic heterocycles. The number of likely N-dealkylation sites (tertiary alicyclic amines) is 1. The molecular weight excluding hydrogens is 264 g/mol. The zero-order valence-corrected chi connectivity index (χ0v) is 13.3. The molecule has 0 amide bonds. The summed E-state index contributed by atoms with van der Waals surface area (Å²) in [5.41, 5.74) is 0.914. The summed E-state index contributed by atoms with van der Waals surface area (Å²) < 4.78 is 5.43. The number of ether oxygens (including phenoxy) is 1. The predicted molar refractivity (Wildman–Crippen MR) is 85.9 cm³/mol. The van der Waals surface area contributed by atoms with Crippen LogP contribution in [-0.4, -0.2) is 42.3 Å². The minimum Gasteiger partial charge on any atom is -0.504 e. The summed E-state index contributed by atoms with van der Waals surface area (Å²) >= 11 is 0. The fourth-order valence-corrected chi connectivity index (χ4v) is 2.91. The molecule has 4 heteroatoms. The van der Waals surface area contributed by atoms with Crippen molar-refractivity contribution in [2.24, 2.45) is 0 Å². The van der Waals surface area contributed by atoms with E-state index in [0.29, 0.717) is 24.9 Å². The van der Waals surface area contributed by atoms with Crippen LogP contribution in [0.15, 0.2) is 18.2 Å². The highest BCUT2D eigenvalue weighted by atomic mass is 16.5. The number of phenols is 1. The molecule has 1 aromatic carbocycles. The summed E-state index contributed by atoms with van der Waals surface area (Å²) in [7, 11) is 0. The molecule has 2 rings (SSSR count). The van der Waals surface area contributed by atoms with Gasteiger partial charge < -0.3 is 20.1 Å². The summed E-state index contributed by atoms with van der Waals surface area (Å²) in [6, 6.07) is 6.25. The molecular formula is C17H28N2O2. The largest absolute Gasteiger partial charge is 0.504 e. The van der Waals surface area contributed by atoms with Crippen LogP contribution < -0.4 is 10.1 Å². The highest BCUT2D eigenvalue weighted by Gasteiger charge is 2.18. The lowest BCUT2D eigenvalue weighted by Crippen LogP contribution is -2.42. The number of rotatable bonds is 7. The van der Waals surface area contributed by atoms with Gasteiger partial charge in [0.2, 0.25) is 0 Å². The summed E-state index contributed by atoms with van der Waals surface area (Å²) in [5, 5.41) is 13.8. The number of benzene rings is 1. The van der Waals surface area contributed by atoms with E-state index in [1.165, 1.54) is 38.9 Å². The number of para-hydroxylation sites is 1. The van der Waals surface area contributed by atoms with Crippen molar-refractivity contribution in [1.82, 2.24) is 10.2 Å². The zero-order valence-electron chi connectivity index (χ0n) is 13.3. The first-order valence-electron chi connectivity index (χ1n) is 8.14. The maximum atomic E-state index is 10.2. The Bertz CT molecular complexity index is 429. The highest BCUT2D eigenvalue weighted by molar-refractivity contribution is 5.45. The normalized spacial score (nSPS) is 17.0. The van der Waals surface area contributed by atoms with Crippen LogP contribution in [-0.2, 0) is 6.54 Å². The molecule has 2 N–H and O–H groups in total. The van der Waals surface area contributed by atoms with Crippen LogP contribution >= 0.6 is 0 Å². The number of nitrogens with zero attached hydrogens (tertiary/aromatic N) is 1. The maximum absolute atomic E-state index is 10.2. The third-order valence-corrected chi connectivity index (χ3v) is 4.09. The van der Waals surface area contributed by atoms with Crippen LogP contribution in [0.25, 0.3) is 0 Å². The lowest BCUT2D eigenvalue weighted by atomic mass is 10.0. The van der Waals surface area contributed by atoms with E-state index in [-0.39, 0.29) is 5.75 Å². The van der Waals surface area contributed by atoms with Gasteiger partial charge in [-0.3, -0.25) is 0 Å². The lowest BCUT2D eigenvalue weighted by Gasteiger charge is -2.32. The standard InChI is InChI=1S/C17H28N2O2/c1-3-10-19-11-8-15(9-12-19)18-13-14-6-5-7-16(17(14)20)21-4-2/h5-7,15,18,20H,3-4,8-13H2,1-2H3. The maximum Gasteiger partial charge on any atom is 0.162 e. The van der Waals surface area contributed by atoms with Crippen LogP contribution in [0, 0.1) is 0 Å². The summed E-state index contributed by atoms with van der Waals surface area (Å²) in [4.78, 5) is 2.53. The van der Waals surface area contributed by atoms with E-state index in [9.17, 15) is 5.11 Å². The van der Waals surface area contributed by atoms with Crippen LogP contribution in [0.5, 0.6) is 11.5 Å². The molecule has 4 nitrogen and oxygen atoms in total. The van der Waals surface area contributed by atoms with Crippen molar-refractivity contribution in [3.8, 4) is 11.5 Å². The molecule has 0 bridgehead atoms. The second kappa shape index (κ2) is 8.25.